The Morgan fingerprint density at radius 3 is 2.64 bits per heavy atom. The van der Waals surface area contributed by atoms with Gasteiger partial charge in [-0.2, -0.15) is 0 Å². The third-order valence-corrected chi connectivity index (χ3v) is 4.18. The van der Waals surface area contributed by atoms with Gasteiger partial charge < -0.3 is 14.7 Å². The first-order valence-electron chi connectivity index (χ1n) is 7.96. The number of aromatic carboxylic acids is 1. The maximum Gasteiger partial charge on any atom is 0.335 e. The highest BCUT2D eigenvalue weighted by Crippen LogP contribution is 2.25. The highest BCUT2D eigenvalue weighted by molar-refractivity contribution is 5.97. The normalized spacial score (nSPS) is 17.4. The Morgan fingerprint density at radius 2 is 1.92 bits per heavy atom. The predicted octanol–water partition coefficient (Wildman–Crippen LogP) is 3.05. The van der Waals surface area contributed by atoms with Gasteiger partial charge in [0.1, 0.15) is 11.9 Å². The van der Waals surface area contributed by atoms with Crippen LogP contribution in [0.25, 0.3) is 0 Å². The van der Waals surface area contributed by atoms with Gasteiger partial charge in [-0.05, 0) is 36.8 Å². The number of carboxylic acids is 1. The lowest BCUT2D eigenvalue weighted by Crippen LogP contribution is -2.42. The van der Waals surface area contributed by atoms with Crippen LogP contribution in [0, 0.1) is 12.7 Å². The molecule has 1 fully saturated rings. The molecular weight excluding hydrogens is 325 g/mol. The van der Waals surface area contributed by atoms with E-state index in [1.165, 1.54) is 18.2 Å². The third kappa shape index (κ3) is 3.69. The summed E-state index contributed by atoms with van der Waals surface area (Å²) in [6, 6.07) is 10.9. The largest absolute Gasteiger partial charge is 0.478 e. The monoisotopic (exact) mass is 343 g/mol. The van der Waals surface area contributed by atoms with Gasteiger partial charge in [-0.3, -0.25) is 4.79 Å². The molecule has 1 saturated heterocycles. The van der Waals surface area contributed by atoms with Crippen molar-refractivity contribution < 1.29 is 23.8 Å². The number of halogens is 1. The van der Waals surface area contributed by atoms with Crippen LogP contribution in [0.4, 0.5) is 4.39 Å². The SMILES string of the molecule is Cc1cc(C(=O)O)cc(C(=O)N2CCOC(c3ccccc3F)C2)c1. The van der Waals surface area contributed by atoms with Crippen molar-refractivity contribution in [3.8, 4) is 0 Å². The predicted molar refractivity (Wildman–Crippen MR) is 89.1 cm³/mol. The summed E-state index contributed by atoms with van der Waals surface area (Å²) in [6.07, 6.45) is -0.539. The molecule has 2 aromatic carbocycles. The Kier molecular flexibility index (Phi) is 4.81. The summed E-state index contributed by atoms with van der Waals surface area (Å²) in [5.41, 5.74) is 1.49. The number of hydrogen-bond donors (Lipinski definition) is 1. The van der Waals surface area contributed by atoms with Crippen LogP contribution >= 0.6 is 0 Å². The number of hydrogen-bond acceptors (Lipinski definition) is 3. The Morgan fingerprint density at radius 1 is 1.20 bits per heavy atom. The minimum Gasteiger partial charge on any atom is -0.478 e. The summed E-state index contributed by atoms with van der Waals surface area (Å²) in [5.74, 6) is -1.73. The second kappa shape index (κ2) is 7.03. The van der Waals surface area contributed by atoms with Crippen LogP contribution in [-0.2, 0) is 4.74 Å². The summed E-state index contributed by atoms with van der Waals surface area (Å²) < 4.78 is 19.6. The van der Waals surface area contributed by atoms with Crippen molar-refractivity contribution in [2.24, 2.45) is 0 Å². The number of benzene rings is 2. The second-order valence-electron chi connectivity index (χ2n) is 6.02. The fraction of sp³-hybridized carbons (Fsp3) is 0.263. The van der Waals surface area contributed by atoms with Crippen molar-refractivity contribution in [3.05, 3.63) is 70.5 Å². The zero-order chi connectivity index (χ0) is 18.0. The fourth-order valence-corrected chi connectivity index (χ4v) is 2.97. The number of carbonyl (C=O) groups is 2. The van der Waals surface area contributed by atoms with E-state index in [9.17, 15) is 14.0 Å². The number of carbonyl (C=O) groups excluding carboxylic acids is 1. The average Bonchev–Trinajstić information content (AvgIpc) is 2.61. The zero-order valence-corrected chi connectivity index (χ0v) is 13.7. The maximum absolute atomic E-state index is 14.0. The van der Waals surface area contributed by atoms with E-state index in [-0.39, 0.29) is 23.8 Å². The minimum absolute atomic E-state index is 0.0715. The fourth-order valence-electron chi connectivity index (χ4n) is 2.97. The quantitative estimate of drug-likeness (QED) is 0.930. The number of ether oxygens (including phenoxy) is 1. The van der Waals surface area contributed by atoms with E-state index in [1.54, 1.807) is 36.1 Å². The molecule has 1 heterocycles. The molecule has 130 valence electrons. The molecule has 0 bridgehead atoms. The number of amides is 1. The Bertz CT molecular complexity index is 821. The smallest absolute Gasteiger partial charge is 0.335 e. The molecule has 5 nitrogen and oxygen atoms in total. The van der Waals surface area contributed by atoms with E-state index in [0.29, 0.717) is 29.8 Å². The molecule has 6 heteroatoms. The first-order valence-corrected chi connectivity index (χ1v) is 7.96. The van der Waals surface area contributed by atoms with Crippen LogP contribution in [-0.4, -0.2) is 41.6 Å². The van der Waals surface area contributed by atoms with Gasteiger partial charge >= 0.3 is 5.97 Å². The van der Waals surface area contributed by atoms with E-state index in [1.807, 2.05) is 0 Å². The van der Waals surface area contributed by atoms with Crippen LogP contribution in [0.2, 0.25) is 0 Å². The summed E-state index contributed by atoms with van der Waals surface area (Å²) in [6.45, 7) is 2.63. The van der Waals surface area contributed by atoms with Crippen LogP contribution in [0.5, 0.6) is 0 Å². The number of nitrogens with zero attached hydrogens (tertiary/aromatic N) is 1. The van der Waals surface area contributed by atoms with E-state index in [4.69, 9.17) is 9.84 Å². The molecule has 1 amide bonds. The van der Waals surface area contributed by atoms with E-state index in [2.05, 4.69) is 0 Å². The number of aryl methyl sites for hydroxylation is 1. The molecule has 0 radical (unpaired) electrons. The standard InChI is InChI=1S/C19H18FNO4/c1-12-8-13(10-14(9-12)19(23)24)18(22)21-6-7-25-17(11-21)15-4-2-3-5-16(15)20/h2-5,8-10,17H,6-7,11H2,1H3,(H,23,24). The van der Waals surface area contributed by atoms with Crippen molar-refractivity contribution in [3.63, 3.8) is 0 Å². The van der Waals surface area contributed by atoms with Crippen LogP contribution in [0.1, 0.15) is 37.9 Å². The van der Waals surface area contributed by atoms with Gasteiger partial charge in [0, 0.05) is 17.7 Å². The van der Waals surface area contributed by atoms with Crippen molar-refractivity contribution in [2.75, 3.05) is 19.7 Å². The maximum atomic E-state index is 14.0. The highest BCUT2D eigenvalue weighted by Gasteiger charge is 2.28. The van der Waals surface area contributed by atoms with Crippen LogP contribution in [0.15, 0.2) is 42.5 Å². The number of rotatable bonds is 3. The van der Waals surface area contributed by atoms with Crippen LogP contribution < -0.4 is 0 Å². The summed E-state index contributed by atoms with van der Waals surface area (Å²) in [4.78, 5) is 25.5. The first-order chi connectivity index (χ1) is 12.0. The van der Waals surface area contributed by atoms with Crippen molar-refractivity contribution >= 4 is 11.9 Å². The van der Waals surface area contributed by atoms with Gasteiger partial charge in [-0.1, -0.05) is 18.2 Å². The van der Waals surface area contributed by atoms with E-state index in [0.717, 1.165) is 0 Å². The lowest BCUT2D eigenvalue weighted by atomic mass is 10.0. The Balaban J connectivity index is 1.83. The molecular formula is C19H18FNO4. The lowest BCUT2D eigenvalue weighted by Gasteiger charge is -2.33. The van der Waals surface area contributed by atoms with Crippen molar-refractivity contribution in [1.82, 2.24) is 4.90 Å². The van der Waals surface area contributed by atoms with Gasteiger partial charge in [-0.15, -0.1) is 0 Å². The molecule has 1 atom stereocenters. The molecule has 0 aromatic heterocycles. The van der Waals surface area contributed by atoms with Gasteiger partial charge in [0.2, 0.25) is 0 Å². The summed E-state index contributed by atoms with van der Waals surface area (Å²) in [7, 11) is 0. The molecule has 1 aliphatic heterocycles. The lowest BCUT2D eigenvalue weighted by molar-refractivity contribution is -0.0243. The zero-order valence-electron chi connectivity index (χ0n) is 13.7. The molecule has 0 saturated carbocycles. The minimum atomic E-state index is -1.08. The van der Waals surface area contributed by atoms with E-state index < -0.39 is 12.1 Å². The summed E-state index contributed by atoms with van der Waals surface area (Å²) in [5, 5.41) is 9.16. The molecule has 1 unspecified atom stereocenters. The average molecular weight is 343 g/mol. The molecule has 1 aliphatic rings. The van der Waals surface area contributed by atoms with Gasteiger partial charge in [0.25, 0.3) is 5.91 Å². The first kappa shape index (κ1) is 17.1. The Hall–Kier alpha value is -2.73. The van der Waals surface area contributed by atoms with Crippen LogP contribution in [0.3, 0.4) is 0 Å². The molecule has 0 spiro atoms. The van der Waals surface area contributed by atoms with E-state index >= 15 is 0 Å². The number of morpholine rings is 1. The topological polar surface area (TPSA) is 66.8 Å². The van der Waals surface area contributed by atoms with Crippen molar-refractivity contribution in [1.29, 1.82) is 0 Å². The van der Waals surface area contributed by atoms with Gasteiger partial charge in [-0.25, -0.2) is 9.18 Å². The molecule has 3 rings (SSSR count). The van der Waals surface area contributed by atoms with Gasteiger partial charge in [0.05, 0.1) is 18.7 Å². The second-order valence-corrected chi connectivity index (χ2v) is 6.02. The molecule has 2 aromatic rings. The summed E-state index contributed by atoms with van der Waals surface area (Å²) >= 11 is 0. The van der Waals surface area contributed by atoms with Gasteiger partial charge in [0.15, 0.2) is 0 Å². The third-order valence-electron chi connectivity index (χ3n) is 4.18. The molecule has 1 N–H and O–H groups in total. The number of carboxylic acid groups (broad SMARTS) is 1. The highest BCUT2D eigenvalue weighted by atomic mass is 19.1. The Labute approximate surface area is 144 Å². The van der Waals surface area contributed by atoms with Crippen molar-refractivity contribution in [2.45, 2.75) is 13.0 Å². The molecule has 0 aliphatic carbocycles. The molecule has 25 heavy (non-hydrogen) atoms.